The molecule has 0 spiro atoms. The van der Waals surface area contributed by atoms with Crippen molar-refractivity contribution < 1.29 is 0 Å². The first-order chi connectivity index (χ1) is 9.33. The molecule has 2 heterocycles. The maximum atomic E-state index is 4.54. The molecule has 0 fully saturated rings. The van der Waals surface area contributed by atoms with E-state index in [1.807, 2.05) is 12.3 Å². The minimum atomic E-state index is 0.336. The van der Waals surface area contributed by atoms with Crippen LogP contribution in [0.5, 0.6) is 0 Å². The Bertz CT molecular complexity index is 487. The first kappa shape index (κ1) is 14.0. The predicted octanol–water partition coefficient (Wildman–Crippen LogP) is 3.08. The minimum absolute atomic E-state index is 0.336. The zero-order chi connectivity index (χ0) is 13.5. The number of hydrogen-bond donors (Lipinski definition) is 1. The summed E-state index contributed by atoms with van der Waals surface area (Å²) in [5.41, 5.74) is 1.09. The highest BCUT2D eigenvalue weighted by atomic mass is 32.2. The van der Waals surface area contributed by atoms with E-state index in [9.17, 15) is 0 Å². The van der Waals surface area contributed by atoms with Gasteiger partial charge < -0.3 is 5.32 Å². The lowest BCUT2D eigenvalue weighted by atomic mass is 10.1. The van der Waals surface area contributed by atoms with Crippen LogP contribution in [0.25, 0.3) is 0 Å². The second-order valence-corrected chi connectivity index (χ2v) is 5.18. The second-order valence-electron chi connectivity index (χ2n) is 4.09. The zero-order valence-electron chi connectivity index (χ0n) is 11.2. The number of nitrogens with zero attached hydrogens (tertiary/aromatic N) is 3. The molecule has 0 radical (unpaired) electrons. The van der Waals surface area contributed by atoms with Crippen molar-refractivity contribution in [3.05, 3.63) is 42.6 Å². The molecule has 0 aromatic carbocycles. The van der Waals surface area contributed by atoms with Crippen molar-refractivity contribution in [3.63, 3.8) is 0 Å². The third kappa shape index (κ3) is 4.01. The normalized spacial score (nSPS) is 12.3. The lowest BCUT2D eigenvalue weighted by Crippen LogP contribution is -2.20. The molecule has 0 bridgehead atoms. The number of rotatable bonds is 6. The van der Waals surface area contributed by atoms with Crippen LogP contribution >= 0.6 is 11.8 Å². The Morgan fingerprint density at radius 1 is 1.21 bits per heavy atom. The van der Waals surface area contributed by atoms with Gasteiger partial charge in [-0.1, -0.05) is 25.6 Å². The number of nitrogens with one attached hydrogen (secondary N) is 1. The van der Waals surface area contributed by atoms with E-state index in [1.165, 1.54) is 0 Å². The van der Waals surface area contributed by atoms with Crippen molar-refractivity contribution in [1.29, 1.82) is 0 Å². The van der Waals surface area contributed by atoms with E-state index >= 15 is 0 Å². The van der Waals surface area contributed by atoms with E-state index in [0.29, 0.717) is 6.04 Å². The van der Waals surface area contributed by atoms with Gasteiger partial charge in [0.25, 0.3) is 0 Å². The molecule has 0 aliphatic heterocycles. The second kappa shape index (κ2) is 7.21. The zero-order valence-corrected chi connectivity index (χ0v) is 12.0. The molecular weight excluding hydrogens is 256 g/mol. The van der Waals surface area contributed by atoms with Gasteiger partial charge >= 0.3 is 0 Å². The molecule has 2 aromatic rings. The smallest absolute Gasteiger partial charge is 0.116 e. The summed E-state index contributed by atoms with van der Waals surface area (Å²) >= 11 is 1.59. The average Bonchev–Trinajstić information content (AvgIpc) is 2.47. The molecule has 0 saturated heterocycles. The lowest BCUT2D eigenvalue weighted by molar-refractivity contribution is 0.524. The van der Waals surface area contributed by atoms with E-state index in [-0.39, 0.29) is 0 Å². The molecular formula is C14H18N4S. The van der Waals surface area contributed by atoms with Crippen molar-refractivity contribution in [3.8, 4) is 0 Å². The van der Waals surface area contributed by atoms with Gasteiger partial charge in [-0.2, -0.15) is 0 Å². The van der Waals surface area contributed by atoms with Crippen LogP contribution in [-0.2, 0) is 0 Å². The molecule has 2 aromatic heterocycles. The summed E-state index contributed by atoms with van der Waals surface area (Å²) in [7, 11) is 0. The highest BCUT2D eigenvalue weighted by Crippen LogP contribution is 2.25. The Morgan fingerprint density at radius 2 is 2.11 bits per heavy atom. The maximum absolute atomic E-state index is 4.54. The number of aromatic nitrogens is 3. The Labute approximate surface area is 118 Å². The van der Waals surface area contributed by atoms with Gasteiger partial charge in [-0.15, -0.1) is 0 Å². The SMILES string of the molecule is CCNC(CC)c1ccc(Sc2ccncn2)cn1. The van der Waals surface area contributed by atoms with Crippen molar-refractivity contribution in [1.82, 2.24) is 20.3 Å². The largest absolute Gasteiger partial charge is 0.309 e. The van der Waals surface area contributed by atoms with Crippen LogP contribution in [0.4, 0.5) is 0 Å². The summed E-state index contributed by atoms with van der Waals surface area (Å²) in [4.78, 5) is 13.7. The van der Waals surface area contributed by atoms with Crippen LogP contribution in [0.2, 0.25) is 0 Å². The Balaban J connectivity index is 2.06. The van der Waals surface area contributed by atoms with Gasteiger partial charge in [-0.25, -0.2) is 9.97 Å². The number of pyridine rings is 1. The fourth-order valence-electron chi connectivity index (χ4n) is 1.82. The van der Waals surface area contributed by atoms with Gasteiger partial charge in [0.2, 0.25) is 0 Å². The van der Waals surface area contributed by atoms with E-state index in [4.69, 9.17) is 0 Å². The molecule has 2 rings (SSSR count). The van der Waals surface area contributed by atoms with E-state index in [1.54, 1.807) is 24.3 Å². The fraction of sp³-hybridized carbons (Fsp3) is 0.357. The summed E-state index contributed by atoms with van der Waals surface area (Å²) in [6.45, 7) is 5.23. The van der Waals surface area contributed by atoms with E-state index in [2.05, 4.69) is 46.2 Å². The number of hydrogen-bond acceptors (Lipinski definition) is 5. The topological polar surface area (TPSA) is 50.7 Å². The molecule has 5 heteroatoms. The molecule has 1 unspecified atom stereocenters. The van der Waals surface area contributed by atoms with Crippen LogP contribution in [-0.4, -0.2) is 21.5 Å². The fourth-order valence-corrected chi connectivity index (χ4v) is 2.53. The molecule has 0 aliphatic rings. The van der Waals surface area contributed by atoms with Crippen molar-refractivity contribution >= 4 is 11.8 Å². The summed E-state index contributed by atoms with van der Waals surface area (Å²) < 4.78 is 0. The highest BCUT2D eigenvalue weighted by molar-refractivity contribution is 7.99. The molecule has 0 aliphatic carbocycles. The van der Waals surface area contributed by atoms with Crippen molar-refractivity contribution in [2.24, 2.45) is 0 Å². The predicted molar refractivity (Wildman–Crippen MR) is 77.1 cm³/mol. The molecule has 100 valence electrons. The molecule has 0 amide bonds. The first-order valence-corrected chi connectivity index (χ1v) is 7.28. The first-order valence-electron chi connectivity index (χ1n) is 6.46. The van der Waals surface area contributed by atoms with Crippen molar-refractivity contribution in [2.75, 3.05) is 6.54 Å². The average molecular weight is 274 g/mol. The summed E-state index contributed by atoms with van der Waals surface area (Å²) in [5.74, 6) is 0. The van der Waals surface area contributed by atoms with Gasteiger partial charge in [0.1, 0.15) is 11.4 Å². The van der Waals surface area contributed by atoms with Crippen LogP contribution < -0.4 is 5.32 Å². The lowest BCUT2D eigenvalue weighted by Gasteiger charge is -2.15. The molecule has 1 N–H and O–H groups in total. The van der Waals surface area contributed by atoms with Gasteiger partial charge in [0.15, 0.2) is 0 Å². The maximum Gasteiger partial charge on any atom is 0.116 e. The highest BCUT2D eigenvalue weighted by Gasteiger charge is 2.09. The molecule has 19 heavy (non-hydrogen) atoms. The third-order valence-electron chi connectivity index (χ3n) is 2.75. The van der Waals surface area contributed by atoms with E-state index < -0.39 is 0 Å². The summed E-state index contributed by atoms with van der Waals surface area (Å²) in [5, 5.41) is 4.36. The van der Waals surface area contributed by atoms with Crippen LogP contribution in [0, 0.1) is 0 Å². The van der Waals surface area contributed by atoms with E-state index in [0.717, 1.165) is 28.6 Å². The third-order valence-corrected chi connectivity index (χ3v) is 3.68. The molecule has 4 nitrogen and oxygen atoms in total. The Kier molecular flexibility index (Phi) is 5.30. The van der Waals surface area contributed by atoms with Gasteiger partial charge in [-0.3, -0.25) is 4.98 Å². The standard InChI is InChI=1S/C14H18N4S/c1-3-12(16-4-2)13-6-5-11(9-17-13)19-14-7-8-15-10-18-14/h5-10,12,16H,3-4H2,1-2H3. The minimum Gasteiger partial charge on any atom is -0.309 e. The Hall–Kier alpha value is -1.46. The summed E-state index contributed by atoms with van der Waals surface area (Å²) in [6.07, 6.45) is 6.25. The van der Waals surface area contributed by atoms with Crippen LogP contribution in [0.15, 0.2) is 46.8 Å². The summed E-state index contributed by atoms with van der Waals surface area (Å²) in [6, 6.07) is 6.41. The quantitative estimate of drug-likeness (QED) is 0.820. The van der Waals surface area contributed by atoms with Crippen molar-refractivity contribution in [2.45, 2.75) is 36.2 Å². The Morgan fingerprint density at radius 3 is 2.68 bits per heavy atom. The molecule has 1 atom stereocenters. The monoisotopic (exact) mass is 274 g/mol. The van der Waals surface area contributed by atoms with Crippen LogP contribution in [0.3, 0.4) is 0 Å². The van der Waals surface area contributed by atoms with Crippen LogP contribution in [0.1, 0.15) is 32.0 Å². The van der Waals surface area contributed by atoms with Gasteiger partial charge in [-0.05, 0) is 31.2 Å². The van der Waals surface area contributed by atoms with Gasteiger partial charge in [0.05, 0.1) is 5.69 Å². The van der Waals surface area contributed by atoms with Gasteiger partial charge in [0, 0.05) is 23.3 Å². The molecule has 0 saturated carbocycles.